The lowest BCUT2D eigenvalue weighted by Gasteiger charge is -2.42. The standard InChI is InChI=1S/C27H34N2O2/c1-26(2,3)20-15-17-21(18-16-20)27(4,5)22-13-9-10-14-23(22)31-25(30)24(29-28)19-11-7-6-8-12-19/h6-8,11-12,15-18,22-23H,9-10,13-14H2,1-5H3/t22-,23-/m1/s1. The molecule has 164 valence electrons. The lowest BCUT2D eigenvalue weighted by Crippen LogP contribution is -2.43. The molecule has 1 saturated carbocycles. The van der Waals surface area contributed by atoms with Gasteiger partial charge in [0.15, 0.2) is 0 Å². The van der Waals surface area contributed by atoms with Crippen LogP contribution >= 0.6 is 0 Å². The quantitative estimate of drug-likeness (QED) is 0.255. The highest BCUT2D eigenvalue weighted by molar-refractivity contribution is 6.40. The van der Waals surface area contributed by atoms with Gasteiger partial charge < -0.3 is 10.3 Å². The number of hydrogen-bond donors (Lipinski definition) is 0. The van der Waals surface area contributed by atoms with Gasteiger partial charge in [0.05, 0.1) is 5.56 Å². The molecule has 1 aliphatic carbocycles. The smallest absolute Gasteiger partial charge is 0.422 e. The maximum Gasteiger partial charge on any atom is 0.422 e. The van der Waals surface area contributed by atoms with Crippen LogP contribution in [0.3, 0.4) is 0 Å². The average Bonchev–Trinajstić information content (AvgIpc) is 2.75. The van der Waals surface area contributed by atoms with E-state index in [0.29, 0.717) is 5.56 Å². The van der Waals surface area contributed by atoms with Crippen molar-refractivity contribution < 1.29 is 14.3 Å². The fraction of sp³-hybridized carbons (Fsp3) is 0.481. The van der Waals surface area contributed by atoms with E-state index in [0.717, 1.165) is 25.7 Å². The van der Waals surface area contributed by atoms with Gasteiger partial charge >= 0.3 is 11.7 Å². The van der Waals surface area contributed by atoms with E-state index in [9.17, 15) is 10.3 Å². The molecule has 2 aromatic rings. The number of rotatable bonds is 5. The van der Waals surface area contributed by atoms with Gasteiger partial charge in [-0.1, -0.05) is 83.5 Å². The van der Waals surface area contributed by atoms with Crippen LogP contribution in [-0.2, 0) is 20.4 Å². The zero-order valence-electron chi connectivity index (χ0n) is 19.4. The van der Waals surface area contributed by atoms with Crippen LogP contribution in [0.15, 0.2) is 54.6 Å². The molecule has 0 spiro atoms. The van der Waals surface area contributed by atoms with Gasteiger partial charge in [0.1, 0.15) is 6.10 Å². The minimum Gasteiger partial charge on any atom is -0.453 e. The molecule has 31 heavy (non-hydrogen) atoms. The summed E-state index contributed by atoms with van der Waals surface area (Å²) < 4.78 is 5.97. The monoisotopic (exact) mass is 418 g/mol. The van der Waals surface area contributed by atoms with Crippen molar-refractivity contribution >= 4 is 11.7 Å². The highest BCUT2D eigenvalue weighted by atomic mass is 16.5. The second-order valence-corrected chi connectivity index (χ2v) is 10.2. The number of nitrogens with zero attached hydrogens (tertiary/aromatic N) is 2. The summed E-state index contributed by atoms with van der Waals surface area (Å²) in [7, 11) is 0. The van der Waals surface area contributed by atoms with Crippen molar-refractivity contribution in [3.8, 4) is 0 Å². The first-order valence-electron chi connectivity index (χ1n) is 11.2. The van der Waals surface area contributed by atoms with Gasteiger partial charge in [-0.15, -0.1) is 0 Å². The lowest BCUT2D eigenvalue weighted by atomic mass is 9.66. The minimum absolute atomic E-state index is 0.0442. The number of hydrogen-bond acceptors (Lipinski definition) is 2. The molecule has 0 saturated heterocycles. The first kappa shape index (κ1) is 23.0. The molecule has 1 fully saturated rings. The van der Waals surface area contributed by atoms with Crippen LogP contribution in [0.4, 0.5) is 0 Å². The van der Waals surface area contributed by atoms with E-state index in [1.165, 1.54) is 11.1 Å². The molecule has 3 rings (SSSR count). The molecular formula is C27H34N2O2. The Labute approximate surface area is 186 Å². The summed E-state index contributed by atoms with van der Waals surface area (Å²) >= 11 is 0. The fourth-order valence-corrected chi connectivity index (χ4v) is 4.68. The molecular weight excluding hydrogens is 384 g/mol. The van der Waals surface area contributed by atoms with Crippen LogP contribution in [-0.4, -0.2) is 22.6 Å². The zero-order valence-corrected chi connectivity index (χ0v) is 19.4. The summed E-state index contributed by atoms with van der Waals surface area (Å²) in [6.45, 7) is 11.1. The maximum atomic E-state index is 12.9. The van der Waals surface area contributed by atoms with Gasteiger partial charge in [0.25, 0.3) is 0 Å². The summed E-state index contributed by atoms with van der Waals surface area (Å²) in [6, 6.07) is 17.8. The number of ether oxygens (including phenoxy) is 1. The third-order valence-electron chi connectivity index (χ3n) is 6.72. The van der Waals surface area contributed by atoms with Crippen LogP contribution in [0.5, 0.6) is 0 Å². The van der Waals surface area contributed by atoms with E-state index in [-0.39, 0.29) is 28.6 Å². The van der Waals surface area contributed by atoms with Crippen molar-refractivity contribution in [2.75, 3.05) is 0 Å². The zero-order chi connectivity index (χ0) is 22.6. The summed E-state index contributed by atoms with van der Waals surface area (Å²) in [5.74, 6) is -0.370. The third kappa shape index (κ3) is 5.14. The number of carbonyl (C=O) groups is 1. The predicted octanol–water partition coefficient (Wildman–Crippen LogP) is 6.08. The molecule has 0 N–H and O–H groups in total. The van der Waals surface area contributed by atoms with Crippen LogP contribution in [0, 0.1) is 5.92 Å². The van der Waals surface area contributed by atoms with Crippen LogP contribution in [0.1, 0.15) is 77.0 Å². The Bertz CT molecular complexity index is 949. The highest BCUT2D eigenvalue weighted by Crippen LogP contribution is 2.42. The Morgan fingerprint density at radius 2 is 1.48 bits per heavy atom. The predicted molar refractivity (Wildman–Crippen MR) is 124 cm³/mol. The molecule has 0 amide bonds. The average molecular weight is 419 g/mol. The highest BCUT2D eigenvalue weighted by Gasteiger charge is 2.41. The Kier molecular flexibility index (Phi) is 6.81. The number of carbonyl (C=O) groups excluding carboxylic acids is 1. The van der Waals surface area contributed by atoms with E-state index in [1.807, 2.05) is 18.2 Å². The Morgan fingerprint density at radius 1 is 0.903 bits per heavy atom. The van der Waals surface area contributed by atoms with Crippen molar-refractivity contribution in [1.29, 1.82) is 0 Å². The molecule has 0 aromatic heterocycles. The largest absolute Gasteiger partial charge is 0.453 e. The van der Waals surface area contributed by atoms with E-state index < -0.39 is 5.97 Å². The Balaban J connectivity index is 1.82. The Hall–Kier alpha value is -2.71. The molecule has 0 aliphatic heterocycles. The molecule has 0 heterocycles. The van der Waals surface area contributed by atoms with Gasteiger partial charge in [-0.05, 0) is 53.4 Å². The molecule has 2 atom stereocenters. The van der Waals surface area contributed by atoms with E-state index in [4.69, 9.17) is 4.74 Å². The second-order valence-electron chi connectivity index (χ2n) is 10.2. The molecule has 4 heteroatoms. The minimum atomic E-state index is -0.565. The number of benzene rings is 2. The van der Waals surface area contributed by atoms with Crippen molar-refractivity contribution in [2.45, 2.75) is 77.2 Å². The SMILES string of the molecule is CC(C)(C)c1ccc(C(C)(C)[C@@H]2CCCC[C@H]2OC(=O)C(=[N+]=[N-])c2ccccc2)cc1. The van der Waals surface area contributed by atoms with Crippen molar-refractivity contribution in [3.05, 3.63) is 76.8 Å². The van der Waals surface area contributed by atoms with Gasteiger partial charge in [-0.25, -0.2) is 4.79 Å². The third-order valence-corrected chi connectivity index (χ3v) is 6.72. The van der Waals surface area contributed by atoms with Gasteiger partial charge in [-0.2, -0.15) is 4.79 Å². The Morgan fingerprint density at radius 3 is 2.06 bits per heavy atom. The van der Waals surface area contributed by atoms with Crippen LogP contribution in [0.25, 0.3) is 5.53 Å². The lowest BCUT2D eigenvalue weighted by molar-refractivity contribution is -0.151. The van der Waals surface area contributed by atoms with E-state index in [2.05, 4.69) is 63.7 Å². The fourth-order valence-electron chi connectivity index (χ4n) is 4.68. The van der Waals surface area contributed by atoms with Gasteiger partial charge in [-0.3, -0.25) is 0 Å². The molecule has 0 radical (unpaired) electrons. The van der Waals surface area contributed by atoms with Gasteiger partial charge in [0.2, 0.25) is 0 Å². The van der Waals surface area contributed by atoms with Gasteiger partial charge in [0, 0.05) is 5.92 Å². The molecule has 4 nitrogen and oxygen atoms in total. The second kappa shape index (κ2) is 9.20. The van der Waals surface area contributed by atoms with E-state index in [1.54, 1.807) is 12.1 Å². The molecule has 2 aromatic carbocycles. The van der Waals surface area contributed by atoms with Crippen molar-refractivity contribution in [1.82, 2.24) is 0 Å². The summed E-state index contributed by atoms with van der Waals surface area (Å²) in [5.41, 5.74) is 12.5. The van der Waals surface area contributed by atoms with Crippen LogP contribution in [0.2, 0.25) is 0 Å². The first-order valence-corrected chi connectivity index (χ1v) is 11.2. The molecule has 1 aliphatic rings. The number of esters is 1. The first-order chi connectivity index (χ1) is 14.6. The summed E-state index contributed by atoms with van der Waals surface area (Å²) in [6.07, 6.45) is 3.78. The molecule has 0 bridgehead atoms. The maximum absolute atomic E-state index is 12.9. The van der Waals surface area contributed by atoms with Crippen LogP contribution < -0.4 is 0 Å². The summed E-state index contributed by atoms with van der Waals surface area (Å²) in [4.78, 5) is 16.1. The van der Waals surface area contributed by atoms with Crippen molar-refractivity contribution in [3.63, 3.8) is 0 Å². The van der Waals surface area contributed by atoms with E-state index >= 15 is 0 Å². The normalized spacial score (nSPS) is 19.4. The molecule has 0 unspecified atom stereocenters. The summed E-state index contributed by atoms with van der Waals surface area (Å²) in [5, 5.41) is 0. The topological polar surface area (TPSA) is 62.7 Å². The van der Waals surface area contributed by atoms with Crippen molar-refractivity contribution in [2.24, 2.45) is 5.92 Å².